The highest BCUT2D eigenvalue weighted by Gasteiger charge is 2.14. The van der Waals surface area contributed by atoms with E-state index in [1.807, 2.05) is 28.2 Å². The van der Waals surface area contributed by atoms with E-state index in [1.54, 1.807) is 0 Å². The van der Waals surface area contributed by atoms with Crippen LogP contribution in [0.4, 0.5) is 17.1 Å². The number of anilines is 3. The quantitative estimate of drug-likeness (QED) is 0.478. The minimum atomic E-state index is 0.908. The van der Waals surface area contributed by atoms with Gasteiger partial charge >= 0.3 is 0 Å². The predicted octanol–water partition coefficient (Wildman–Crippen LogP) is 4.65. The van der Waals surface area contributed by atoms with Crippen LogP contribution in [0.1, 0.15) is 0 Å². The summed E-state index contributed by atoms with van der Waals surface area (Å²) in [5, 5.41) is 0. The van der Waals surface area contributed by atoms with Crippen molar-refractivity contribution in [3.63, 3.8) is 0 Å². The zero-order valence-electron chi connectivity index (χ0n) is 17.9. The van der Waals surface area contributed by atoms with Crippen LogP contribution in [0.25, 0.3) is 33.2 Å². The number of benzene rings is 3. The van der Waals surface area contributed by atoms with E-state index in [2.05, 4.69) is 83.4 Å². The monoisotopic (exact) mass is 385 g/mol. The third-order valence-corrected chi connectivity index (χ3v) is 5.25. The molecule has 0 aliphatic heterocycles. The Morgan fingerprint density at radius 2 is 1.17 bits per heavy atom. The van der Waals surface area contributed by atoms with Gasteiger partial charge in [-0.3, -0.25) is 0 Å². The van der Waals surface area contributed by atoms with Crippen LogP contribution in [-0.4, -0.2) is 52.3 Å². The second-order valence-electron chi connectivity index (χ2n) is 7.96. The Labute approximate surface area is 172 Å². The average Bonchev–Trinajstić information content (AvgIpc) is 2.70. The van der Waals surface area contributed by atoms with Gasteiger partial charge in [0, 0.05) is 59.2 Å². The number of aromatic nitrogens is 2. The first-order valence-corrected chi connectivity index (χ1v) is 9.72. The highest BCUT2D eigenvalue weighted by molar-refractivity contribution is 6.02. The van der Waals surface area contributed by atoms with Crippen LogP contribution in [0, 0.1) is 0 Å². The fourth-order valence-corrected chi connectivity index (χ4v) is 3.54. The van der Waals surface area contributed by atoms with Gasteiger partial charge in [-0.2, -0.15) is 0 Å². The summed E-state index contributed by atoms with van der Waals surface area (Å²) < 4.78 is 0. The molecule has 3 aromatic carbocycles. The molecule has 1 aromatic heterocycles. The Balaban J connectivity index is 1.98. The molecule has 0 spiro atoms. The molecule has 0 saturated heterocycles. The largest absolute Gasteiger partial charge is 0.378 e. The van der Waals surface area contributed by atoms with Crippen molar-refractivity contribution in [2.24, 2.45) is 0 Å². The van der Waals surface area contributed by atoms with Gasteiger partial charge in [0.25, 0.3) is 0 Å². The lowest BCUT2D eigenvalue weighted by atomic mass is 10.0. The van der Waals surface area contributed by atoms with E-state index < -0.39 is 0 Å². The highest BCUT2D eigenvalue weighted by atomic mass is 15.1. The van der Waals surface area contributed by atoms with E-state index in [9.17, 15) is 0 Å². The zero-order chi connectivity index (χ0) is 20.7. The van der Waals surface area contributed by atoms with Gasteiger partial charge in [0.15, 0.2) is 0 Å². The molecule has 0 bridgehead atoms. The molecule has 0 atom stereocenters. The molecule has 0 saturated carbocycles. The van der Waals surface area contributed by atoms with Gasteiger partial charge in [-0.05, 0) is 48.0 Å². The SMILES string of the molecule is CN(C)c1ccc(-c2ccc(N(C)C)c3nc4cc(N(C)C)ccc4nc23)cc1. The Hall–Kier alpha value is -3.34. The third-order valence-electron chi connectivity index (χ3n) is 5.25. The Bertz CT molecular complexity index is 1180. The van der Waals surface area contributed by atoms with E-state index in [-0.39, 0.29) is 0 Å². The Kier molecular flexibility index (Phi) is 4.74. The molecule has 0 amide bonds. The minimum absolute atomic E-state index is 0.908. The predicted molar refractivity (Wildman–Crippen MR) is 125 cm³/mol. The summed E-state index contributed by atoms with van der Waals surface area (Å²) in [5.41, 5.74) is 9.28. The van der Waals surface area contributed by atoms with Gasteiger partial charge in [-0.25, -0.2) is 9.97 Å². The lowest BCUT2D eigenvalue weighted by Crippen LogP contribution is -2.11. The van der Waals surface area contributed by atoms with E-state index in [0.717, 1.165) is 44.6 Å². The van der Waals surface area contributed by atoms with Gasteiger partial charge in [0.2, 0.25) is 0 Å². The van der Waals surface area contributed by atoms with Crippen molar-refractivity contribution in [1.29, 1.82) is 0 Å². The van der Waals surface area contributed by atoms with Crippen molar-refractivity contribution in [1.82, 2.24) is 9.97 Å². The third kappa shape index (κ3) is 3.44. The van der Waals surface area contributed by atoms with Crippen LogP contribution in [0.3, 0.4) is 0 Å². The summed E-state index contributed by atoms with van der Waals surface area (Å²) in [5.74, 6) is 0. The highest BCUT2D eigenvalue weighted by Crippen LogP contribution is 2.34. The molecule has 29 heavy (non-hydrogen) atoms. The molecular formula is C24H27N5. The summed E-state index contributed by atoms with van der Waals surface area (Å²) in [6.07, 6.45) is 0. The molecule has 0 fully saturated rings. The van der Waals surface area contributed by atoms with Crippen molar-refractivity contribution in [3.05, 3.63) is 54.6 Å². The maximum Gasteiger partial charge on any atom is 0.113 e. The fourth-order valence-electron chi connectivity index (χ4n) is 3.54. The maximum atomic E-state index is 5.04. The second kappa shape index (κ2) is 7.24. The zero-order valence-corrected chi connectivity index (χ0v) is 17.9. The summed E-state index contributed by atoms with van der Waals surface area (Å²) in [6, 6.07) is 19.1. The van der Waals surface area contributed by atoms with E-state index in [0.29, 0.717) is 0 Å². The van der Waals surface area contributed by atoms with Gasteiger partial charge < -0.3 is 14.7 Å². The molecule has 0 aliphatic carbocycles. The maximum absolute atomic E-state index is 5.04. The molecule has 0 unspecified atom stereocenters. The van der Waals surface area contributed by atoms with Crippen molar-refractivity contribution in [2.75, 3.05) is 57.0 Å². The molecular weight excluding hydrogens is 358 g/mol. The van der Waals surface area contributed by atoms with Gasteiger partial charge in [-0.1, -0.05) is 12.1 Å². The standard InChI is InChI=1S/C24H27N5/c1-27(2)17-9-7-16(8-10-17)19-12-14-22(29(5)6)24-23(19)25-20-13-11-18(28(3)4)15-21(20)26-24/h7-15H,1-6H3. The van der Waals surface area contributed by atoms with Crippen LogP contribution in [0.5, 0.6) is 0 Å². The lowest BCUT2D eigenvalue weighted by Gasteiger charge is -2.18. The number of fused-ring (bicyclic) bond motifs is 2. The Morgan fingerprint density at radius 1 is 0.552 bits per heavy atom. The minimum Gasteiger partial charge on any atom is -0.378 e. The van der Waals surface area contributed by atoms with E-state index >= 15 is 0 Å². The Morgan fingerprint density at radius 3 is 1.79 bits per heavy atom. The first kappa shape index (κ1) is 19.0. The first-order chi connectivity index (χ1) is 13.8. The fraction of sp³-hybridized carbons (Fsp3) is 0.250. The van der Waals surface area contributed by atoms with Crippen molar-refractivity contribution < 1.29 is 0 Å². The number of nitrogens with zero attached hydrogens (tertiary/aromatic N) is 5. The molecule has 148 valence electrons. The molecule has 1 heterocycles. The summed E-state index contributed by atoms with van der Waals surface area (Å²) in [6.45, 7) is 0. The molecule has 4 aromatic rings. The summed E-state index contributed by atoms with van der Waals surface area (Å²) >= 11 is 0. The molecule has 5 nitrogen and oxygen atoms in total. The molecule has 5 heteroatoms. The topological polar surface area (TPSA) is 35.5 Å². The smallest absolute Gasteiger partial charge is 0.113 e. The van der Waals surface area contributed by atoms with Crippen LogP contribution in [0.15, 0.2) is 54.6 Å². The summed E-state index contributed by atoms with van der Waals surface area (Å²) in [4.78, 5) is 16.4. The molecule has 4 rings (SSSR count). The lowest BCUT2D eigenvalue weighted by molar-refractivity contribution is 1.13. The normalized spacial score (nSPS) is 11.1. The van der Waals surface area contributed by atoms with Crippen molar-refractivity contribution >= 4 is 39.1 Å². The first-order valence-electron chi connectivity index (χ1n) is 9.72. The number of hydrogen-bond acceptors (Lipinski definition) is 5. The number of rotatable bonds is 4. The molecule has 0 N–H and O–H groups in total. The summed E-state index contributed by atoms with van der Waals surface area (Å²) in [7, 11) is 12.3. The van der Waals surface area contributed by atoms with Crippen LogP contribution in [-0.2, 0) is 0 Å². The van der Waals surface area contributed by atoms with E-state index in [4.69, 9.17) is 9.97 Å². The van der Waals surface area contributed by atoms with Crippen LogP contribution in [0.2, 0.25) is 0 Å². The average molecular weight is 386 g/mol. The second-order valence-corrected chi connectivity index (χ2v) is 7.96. The van der Waals surface area contributed by atoms with Gasteiger partial charge in [-0.15, -0.1) is 0 Å². The van der Waals surface area contributed by atoms with Crippen molar-refractivity contribution in [2.45, 2.75) is 0 Å². The molecule has 0 radical (unpaired) electrons. The van der Waals surface area contributed by atoms with Gasteiger partial charge in [0.1, 0.15) is 5.52 Å². The number of hydrogen-bond donors (Lipinski definition) is 0. The van der Waals surface area contributed by atoms with Crippen LogP contribution < -0.4 is 14.7 Å². The van der Waals surface area contributed by atoms with Crippen LogP contribution >= 0.6 is 0 Å². The van der Waals surface area contributed by atoms with E-state index in [1.165, 1.54) is 5.69 Å². The van der Waals surface area contributed by atoms with Crippen molar-refractivity contribution in [3.8, 4) is 11.1 Å². The molecule has 0 aliphatic rings. The van der Waals surface area contributed by atoms with Gasteiger partial charge in [0.05, 0.1) is 22.2 Å².